The van der Waals surface area contributed by atoms with Crippen LogP contribution in [0.25, 0.3) is 21.5 Å². The van der Waals surface area contributed by atoms with Gasteiger partial charge in [0.15, 0.2) is 0 Å². The highest BCUT2D eigenvalue weighted by Crippen LogP contribution is 2.38. The average Bonchev–Trinajstić information content (AvgIpc) is 3.37. The van der Waals surface area contributed by atoms with E-state index in [2.05, 4.69) is 36.1 Å². The van der Waals surface area contributed by atoms with Crippen molar-refractivity contribution in [2.75, 3.05) is 19.6 Å². The second kappa shape index (κ2) is 9.58. The maximum atomic E-state index is 12.3. The van der Waals surface area contributed by atoms with Gasteiger partial charge in [-0.05, 0) is 50.1 Å². The molecule has 35 heavy (non-hydrogen) atoms. The number of likely N-dealkylation sites (tertiary alicyclic amines) is 1. The van der Waals surface area contributed by atoms with Crippen LogP contribution in [0.4, 0.5) is 0 Å². The van der Waals surface area contributed by atoms with Crippen LogP contribution in [0, 0.1) is 12.8 Å². The van der Waals surface area contributed by atoms with Crippen LogP contribution in [0.5, 0.6) is 0 Å². The van der Waals surface area contributed by atoms with Gasteiger partial charge in [-0.2, -0.15) is 0 Å². The van der Waals surface area contributed by atoms with E-state index in [1.165, 1.54) is 0 Å². The van der Waals surface area contributed by atoms with Crippen molar-refractivity contribution in [2.45, 2.75) is 51.9 Å². The topological polar surface area (TPSA) is 84.4 Å². The highest BCUT2D eigenvalue weighted by molar-refractivity contribution is 7.19. The molecule has 2 saturated heterocycles. The molecular weight excluding hydrogens is 484 g/mol. The maximum Gasteiger partial charge on any atom is 0.223 e. The van der Waals surface area contributed by atoms with Gasteiger partial charge in [-0.25, -0.2) is 9.97 Å². The van der Waals surface area contributed by atoms with Gasteiger partial charge >= 0.3 is 0 Å². The molecule has 3 aromatic rings. The minimum absolute atomic E-state index is 0.0163. The molecule has 2 fully saturated rings. The van der Waals surface area contributed by atoms with Crippen molar-refractivity contribution in [2.24, 2.45) is 5.92 Å². The summed E-state index contributed by atoms with van der Waals surface area (Å²) in [5.41, 5.74) is 4.72. The van der Waals surface area contributed by atoms with Crippen molar-refractivity contribution < 1.29 is 14.3 Å². The number of aromatic nitrogens is 2. The number of carbonyl (C=O) groups excluding carboxylic acids is 2. The Morgan fingerprint density at radius 2 is 2.14 bits per heavy atom. The van der Waals surface area contributed by atoms with Crippen molar-refractivity contribution in [1.82, 2.24) is 20.2 Å². The van der Waals surface area contributed by atoms with Gasteiger partial charge in [0.25, 0.3) is 0 Å². The maximum absolute atomic E-state index is 12.3. The number of fused-ring (bicyclic) bond motifs is 1. The Kier molecular flexibility index (Phi) is 6.65. The summed E-state index contributed by atoms with van der Waals surface area (Å²) in [6, 6.07) is 5.98. The zero-order valence-electron chi connectivity index (χ0n) is 20.1. The smallest absolute Gasteiger partial charge is 0.223 e. The van der Waals surface area contributed by atoms with Crippen molar-refractivity contribution in [1.29, 1.82) is 0 Å². The Bertz CT molecular complexity index is 1290. The van der Waals surface area contributed by atoms with E-state index in [1.54, 1.807) is 22.6 Å². The number of nitrogens with zero attached hydrogens (tertiary/aromatic N) is 3. The van der Waals surface area contributed by atoms with Gasteiger partial charge in [-0.1, -0.05) is 11.6 Å². The van der Waals surface area contributed by atoms with Crippen LogP contribution in [0.2, 0.25) is 5.02 Å². The highest BCUT2D eigenvalue weighted by Gasteiger charge is 2.31. The number of hydrogen-bond acceptors (Lipinski definition) is 7. The largest absolute Gasteiger partial charge is 0.369 e. The van der Waals surface area contributed by atoms with Crippen LogP contribution in [0.1, 0.15) is 36.3 Å². The molecule has 0 bridgehead atoms. The van der Waals surface area contributed by atoms with Gasteiger partial charge in [0.05, 0.1) is 34.2 Å². The number of carbonyl (C=O) groups is 2. The molecule has 7 nitrogen and oxygen atoms in total. The average molecular weight is 513 g/mol. The molecule has 2 aromatic heterocycles. The van der Waals surface area contributed by atoms with Gasteiger partial charge < -0.3 is 19.7 Å². The van der Waals surface area contributed by atoms with Crippen molar-refractivity contribution >= 4 is 45.3 Å². The van der Waals surface area contributed by atoms with Gasteiger partial charge in [-0.3, -0.25) is 4.79 Å². The standard InChI is InChI=1S/C26H29ClN4O3S/c1-15-4-17(27)6-21(20(15)7-18-9-28-13-26(2,3)34-18)24-25-22(29-14-30-24)8-19(35-25)11-31-10-16(12-32)5-23(31)33/h4,6,8,12,14,16,18,28H,5,7,9-11,13H2,1-3H3/t16?,18-/m0/s1. The first-order chi connectivity index (χ1) is 16.7. The molecule has 2 aliphatic heterocycles. The van der Waals surface area contributed by atoms with Gasteiger partial charge in [-0.15, -0.1) is 11.3 Å². The predicted octanol–water partition coefficient (Wildman–Crippen LogP) is 4.18. The molecule has 0 radical (unpaired) electrons. The normalized spacial score (nSPS) is 22.2. The lowest BCUT2D eigenvalue weighted by Gasteiger charge is -2.37. The van der Waals surface area contributed by atoms with Gasteiger partial charge in [0, 0.05) is 53.9 Å². The number of aldehydes is 1. The fourth-order valence-corrected chi connectivity index (χ4v) is 6.48. The summed E-state index contributed by atoms with van der Waals surface area (Å²) in [7, 11) is 0. The quantitative estimate of drug-likeness (QED) is 0.499. The fourth-order valence-electron chi connectivity index (χ4n) is 5.07. The van der Waals surface area contributed by atoms with E-state index in [-0.39, 0.29) is 23.5 Å². The van der Waals surface area contributed by atoms with Crippen molar-refractivity contribution in [3.8, 4) is 11.3 Å². The zero-order chi connectivity index (χ0) is 24.7. The number of rotatable bonds is 6. The Balaban J connectivity index is 1.50. The van der Waals surface area contributed by atoms with Crippen molar-refractivity contribution in [3.05, 3.63) is 45.6 Å². The minimum atomic E-state index is -0.218. The van der Waals surface area contributed by atoms with Crippen LogP contribution in [-0.2, 0) is 27.3 Å². The summed E-state index contributed by atoms with van der Waals surface area (Å²) in [5, 5.41) is 4.15. The molecule has 2 aliphatic rings. The number of morpholine rings is 1. The number of thiophene rings is 1. The summed E-state index contributed by atoms with van der Waals surface area (Å²) >= 11 is 8.11. The summed E-state index contributed by atoms with van der Waals surface area (Å²) < 4.78 is 7.32. The summed E-state index contributed by atoms with van der Waals surface area (Å²) in [5.74, 6) is -0.201. The van der Waals surface area contributed by atoms with Crippen molar-refractivity contribution in [3.63, 3.8) is 0 Å². The van der Waals surface area contributed by atoms with E-state index < -0.39 is 0 Å². The van der Waals surface area contributed by atoms with Crippen LogP contribution >= 0.6 is 22.9 Å². The van der Waals surface area contributed by atoms with E-state index in [4.69, 9.17) is 16.3 Å². The molecule has 1 unspecified atom stereocenters. The molecule has 9 heteroatoms. The molecule has 5 rings (SSSR count). The number of aryl methyl sites for hydroxylation is 1. The molecule has 1 aromatic carbocycles. The second-order valence-corrected chi connectivity index (χ2v) is 11.7. The van der Waals surface area contributed by atoms with E-state index in [0.29, 0.717) is 24.5 Å². The first kappa shape index (κ1) is 24.3. The summed E-state index contributed by atoms with van der Waals surface area (Å²) in [6.07, 6.45) is 3.54. The monoisotopic (exact) mass is 512 g/mol. The van der Waals surface area contributed by atoms with Crippen LogP contribution in [-0.4, -0.2) is 58.4 Å². The molecule has 184 valence electrons. The molecule has 2 atom stereocenters. The Hall–Kier alpha value is -2.39. The zero-order valence-corrected chi connectivity index (χ0v) is 21.7. The number of amides is 1. The lowest BCUT2D eigenvalue weighted by Crippen LogP contribution is -2.51. The minimum Gasteiger partial charge on any atom is -0.369 e. The highest BCUT2D eigenvalue weighted by atomic mass is 35.5. The van der Waals surface area contributed by atoms with Crippen LogP contribution in [0.15, 0.2) is 24.5 Å². The SMILES string of the molecule is Cc1cc(Cl)cc(-c2ncnc3cc(CN4CC(C=O)CC4=O)sc23)c1C[C@H]1CNCC(C)(C)O1. The number of hydrogen-bond donors (Lipinski definition) is 1. The third kappa shape index (κ3) is 5.11. The summed E-state index contributed by atoms with van der Waals surface area (Å²) in [6.45, 7) is 8.84. The third-order valence-electron chi connectivity index (χ3n) is 6.68. The second-order valence-electron chi connectivity index (χ2n) is 10.1. The molecule has 0 aliphatic carbocycles. The predicted molar refractivity (Wildman–Crippen MR) is 138 cm³/mol. The molecule has 1 amide bonds. The van der Waals surface area contributed by atoms with Gasteiger partial charge in [0.1, 0.15) is 12.6 Å². The van der Waals surface area contributed by atoms with Gasteiger partial charge in [0.2, 0.25) is 5.91 Å². The van der Waals surface area contributed by atoms with E-state index in [0.717, 1.165) is 63.3 Å². The summed E-state index contributed by atoms with van der Waals surface area (Å²) in [4.78, 5) is 35.4. The van der Waals surface area contributed by atoms with E-state index in [9.17, 15) is 9.59 Å². The third-order valence-corrected chi connectivity index (χ3v) is 8.01. The first-order valence-electron chi connectivity index (χ1n) is 11.9. The van der Waals surface area contributed by atoms with E-state index in [1.807, 2.05) is 18.2 Å². The Morgan fingerprint density at radius 3 is 2.89 bits per heavy atom. The Morgan fingerprint density at radius 1 is 1.31 bits per heavy atom. The van der Waals surface area contributed by atoms with E-state index >= 15 is 0 Å². The van der Waals surface area contributed by atoms with Crippen LogP contribution < -0.4 is 5.32 Å². The molecule has 1 N–H and O–H groups in total. The molecule has 0 spiro atoms. The Labute approximate surface area is 213 Å². The molecule has 0 saturated carbocycles. The lowest BCUT2D eigenvalue weighted by atomic mass is 9.93. The number of halogens is 1. The first-order valence-corrected chi connectivity index (χ1v) is 13.1. The molecular formula is C26H29ClN4O3S. The number of nitrogens with one attached hydrogen (secondary N) is 1. The lowest BCUT2D eigenvalue weighted by molar-refractivity contribution is -0.128. The number of ether oxygens (including phenoxy) is 1. The number of benzene rings is 1. The molecule has 4 heterocycles. The van der Waals surface area contributed by atoms with Crippen LogP contribution in [0.3, 0.4) is 0 Å². The fraction of sp³-hybridized carbons (Fsp3) is 0.462.